The van der Waals surface area contributed by atoms with Crippen LogP contribution in [0.2, 0.25) is 0 Å². The number of para-hydroxylation sites is 1. The molecule has 9 rings (SSSR count). The van der Waals surface area contributed by atoms with E-state index < -0.39 is 6.23 Å². The van der Waals surface area contributed by atoms with Gasteiger partial charge < -0.3 is 4.74 Å². The first-order valence-corrected chi connectivity index (χ1v) is 15.6. The Hall–Kier alpha value is -5.94. The molecule has 7 aromatic rings. The van der Waals surface area contributed by atoms with Crippen molar-refractivity contribution in [3.05, 3.63) is 157 Å². The lowest BCUT2D eigenvalue weighted by Crippen LogP contribution is -2.46. The van der Waals surface area contributed by atoms with Crippen LogP contribution in [0.25, 0.3) is 61.4 Å². The van der Waals surface area contributed by atoms with E-state index in [1.165, 1.54) is 5.56 Å². The van der Waals surface area contributed by atoms with Crippen LogP contribution in [-0.2, 0) is 11.8 Å². The molecule has 4 bridgehead atoms. The van der Waals surface area contributed by atoms with E-state index in [9.17, 15) is 4.79 Å². The number of benzene rings is 4. The molecule has 0 spiro atoms. The Bertz CT molecular complexity index is 2390. The van der Waals surface area contributed by atoms with Gasteiger partial charge in [-0.15, -0.1) is 4.57 Å². The van der Waals surface area contributed by atoms with Gasteiger partial charge in [-0.1, -0.05) is 66.2 Å². The predicted molar refractivity (Wildman–Crippen MR) is 177 cm³/mol. The minimum absolute atomic E-state index is 0.373. The van der Waals surface area contributed by atoms with Crippen LogP contribution in [-0.4, -0.2) is 5.97 Å². The molecule has 2 aliphatic heterocycles. The topological polar surface area (TPSA) is 37.9 Å². The average Bonchev–Trinajstić information content (AvgIpc) is 3.16. The Kier molecular flexibility index (Phi) is 5.78. The quantitative estimate of drug-likeness (QED) is 0.156. The molecule has 0 amide bonds. The van der Waals surface area contributed by atoms with Gasteiger partial charge in [0.15, 0.2) is 12.4 Å². The highest BCUT2D eigenvalue weighted by molar-refractivity contribution is 5.97. The van der Waals surface area contributed by atoms with Crippen LogP contribution in [0, 0.1) is 6.92 Å². The van der Waals surface area contributed by atoms with E-state index in [4.69, 9.17) is 4.74 Å². The number of rotatable bonds is 2. The second-order valence-electron chi connectivity index (χ2n) is 12.1. The van der Waals surface area contributed by atoms with Gasteiger partial charge in [-0.3, -0.25) is 0 Å². The van der Waals surface area contributed by atoms with E-state index in [-0.39, 0.29) is 5.97 Å². The van der Waals surface area contributed by atoms with Crippen molar-refractivity contribution in [3.8, 4) is 50.6 Å². The van der Waals surface area contributed by atoms with Crippen LogP contribution in [0.5, 0.6) is 0 Å². The number of pyridine rings is 3. The third kappa shape index (κ3) is 3.88. The van der Waals surface area contributed by atoms with Crippen LogP contribution < -0.4 is 13.7 Å². The van der Waals surface area contributed by atoms with Gasteiger partial charge in [0, 0.05) is 30.3 Å². The summed E-state index contributed by atoms with van der Waals surface area (Å²) in [5, 5.41) is 2.29. The molecule has 46 heavy (non-hydrogen) atoms. The van der Waals surface area contributed by atoms with Crippen molar-refractivity contribution in [2.24, 2.45) is 7.05 Å². The molecular formula is C41H30N3O2+3. The fourth-order valence-electron chi connectivity index (χ4n) is 7.20. The van der Waals surface area contributed by atoms with Crippen LogP contribution in [0.1, 0.15) is 27.8 Å². The third-order valence-electron chi connectivity index (χ3n) is 9.36. The molecule has 4 aromatic carbocycles. The molecular weight excluding hydrogens is 566 g/mol. The number of aromatic nitrogens is 3. The number of hydrogen-bond acceptors (Lipinski definition) is 2. The summed E-state index contributed by atoms with van der Waals surface area (Å²) in [5.41, 5.74) is 11.6. The molecule has 0 aliphatic carbocycles. The van der Waals surface area contributed by atoms with Crippen molar-refractivity contribution in [3.63, 3.8) is 0 Å². The van der Waals surface area contributed by atoms with Gasteiger partial charge in [0.25, 0.3) is 5.69 Å². The fraction of sp³-hybridized carbons (Fsp3) is 0.0732. The zero-order valence-corrected chi connectivity index (χ0v) is 25.5. The van der Waals surface area contributed by atoms with E-state index >= 15 is 0 Å². The molecule has 0 saturated carbocycles. The zero-order chi connectivity index (χ0) is 30.9. The van der Waals surface area contributed by atoms with Crippen LogP contribution >= 0.6 is 0 Å². The highest BCUT2D eigenvalue weighted by Crippen LogP contribution is 2.41. The van der Waals surface area contributed by atoms with Crippen LogP contribution in [0.3, 0.4) is 0 Å². The lowest BCUT2D eigenvalue weighted by Gasteiger charge is -2.19. The second kappa shape index (κ2) is 10.0. The Morgan fingerprint density at radius 3 is 2.26 bits per heavy atom. The second-order valence-corrected chi connectivity index (χ2v) is 12.1. The van der Waals surface area contributed by atoms with Crippen LogP contribution in [0.4, 0.5) is 0 Å². The number of hydrogen-bond donors (Lipinski definition) is 0. The van der Waals surface area contributed by atoms with Gasteiger partial charge >= 0.3 is 12.2 Å². The van der Waals surface area contributed by atoms with Crippen molar-refractivity contribution in [1.29, 1.82) is 0 Å². The predicted octanol–water partition coefficient (Wildman–Crippen LogP) is 7.24. The first-order chi connectivity index (χ1) is 22.6. The molecule has 0 fully saturated rings. The molecule has 2 aliphatic rings. The summed E-state index contributed by atoms with van der Waals surface area (Å²) in [4.78, 5) is 14.5. The van der Waals surface area contributed by atoms with E-state index in [2.05, 4.69) is 137 Å². The number of carbonyl (C=O) groups is 1. The molecule has 0 radical (unpaired) electrons. The van der Waals surface area contributed by atoms with Gasteiger partial charge in [-0.2, -0.15) is 4.57 Å². The number of nitrogens with zero attached hydrogens (tertiary/aromatic N) is 3. The number of carbonyl (C=O) groups excluding carboxylic acids is 1. The van der Waals surface area contributed by atoms with E-state index in [0.29, 0.717) is 5.69 Å². The van der Waals surface area contributed by atoms with Gasteiger partial charge in [0.2, 0.25) is 22.8 Å². The smallest absolute Gasteiger partial charge is 0.390 e. The molecule has 0 saturated heterocycles. The molecule has 5 nitrogen and oxygen atoms in total. The maximum Gasteiger partial charge on any atom is 0.409 e. The zero-order valence-electron chi connectivity index (χ0n) is 25.5. The molecule has 5 heterocycles. The molecule has 1 unspecified atom stereocenters. The maximum absolute atomic E-state index is 14.5. The van der Waals surface area contributed by atoms with Gasteiger partial charge in [0.05, 0.1) is 16.5 Å². The maximum atomic E-state index is 14.5. The first kappa shape index (κ1) is 26.5. The molecule has 3 aromatic heterocycles. The Balaban J connectivity index is 1.50. The highest BCUT2D eigenvalue weighted by atomic mass is 16.6. The number of fused-ring (bicyclic) bond motifs is 5. The summed E-state index contributed by atoms with van der Waals surface area (Å²) < 4.78 is 12.9. The third-order valence-corrected chi connectivity index (χ3v) is 9.36. The molecule has 5 heteroatoms. The average molecular weight is 597 g/mol. The van der Waals surface area contributed by atoms with Gasteiger partial charge in [-0.05, 0) is 59.8 Å². The molecule has 1 atom stereocenters. The summed E-state index contributed by atoms with van der Waals surface area (Å²) in [6, 6.07) is 44.2. The van der Waals surface area contributed by atoms with Gasteiger partial charge in [0.1, 0.15) is 18.2 Å². The normalized spacial score (nSPS) is 14.3. The Morgan fingerprint density at radius 1 is 0.630 bits per heavy atom. The van der Waals surface area contributed by atoms with E-state index in [1.54, 1.807) is 0 Å². The Morgan fingerprint density at radius 2 is 1.37 bits per heavy atom. The lowest BCUT2D eigenvalue weighted by atomic mass is 9.94. The standard InChI is InChI=1S/C41H30N3O2/c1-26-17-19-27(20-18-26)29-24-36-31-12-5-6-13-32(31)40-43-22-8-7-16-35(43)33-14-9-15-34(39(33)44(36)37(25-29)41(45)46-40)38-30-11-4-3-10-28(30)21-23-42(38)2/h3-25,40H,1-2H3/q+3. The van der Waals surface area contributed by atoms with E-state index in [1.807, 2.05) is 30.5 Å². The van der Waals surface area contributed by atoms with Crippen molar-refractivity contribution in [2.75, 3.05) is 0 Å². The number of aryl methyl sites for hydroxylation is 2. The summed E-state index contributed by atoms with van der Waals surface area (Å²) in [5.74, 6) is -0.373. The van der Waals surface area contributed by atoms with Crippen molar-refractivity contribution in [1.82, 2.24) is 0 Å². The van der Waals surface area contributed by atoms with E-state index in [0.717, 1.165) is 66.9 Å². The summed E-state index contributed by atoms with van der Waals surface area (Å²) in [6.45, 7) is 2.09. The molecule has 0 N–H and O–H groups in total. The fourth-order valence-corrected chi connectivity index (χ4v) is 7.20. The molecule has 218 valence electrons. The Labute approximate surface area is 266 Å². The van der Waals surface area contributed by atoms with Crippen LogP contribution in [0.15, 0.2) is 140 Å². The number of ether oxygens (including phenoxy) is 1. The largest absolute Gasteiger partial charge is 0.409 e. The lowest BCUT2D eigenvalue weighted by molar-refractivity contribution is -0.736. The van der Waals surface area contributed by atoms with Crippen molar-refractivity contribution < 1.29 is 23.2 Å². The summed E-state index contributed by atoms with van der Waals surface area (Å²) in [6.07, 6.45) is 3.47. The number of esters is 1. The summed E-state index contributed by atoms with van der Waals surface area (Å²) in [7, 11) is 2.09. The van der Waals surface area contributed by atoms with Gasteiger partial charge in [-0.25, -0.2) is 9.36 Å². The van der Waals surface area contributed by atoms with Crippen molar-refractivity contribution in [2.45, 2.75) is 13.2 Å². The minimum Gasteiger partial charge on any atom is -0.390 e. The SMILES string of the molecule is Cc1ccc(-c2cc3[n+]4c(c2)-c2ccccc2C(OC3=O)[n+]2ccccc2-c2cccc(-c3c5ccccc5cc[n+]3C)c2-4)cc1. The minimum atomic E-state index is -0.655. The monoisotopic (exact) mass is 596 g/mol. The van der Waals surface area contributed by atoms with Crippen molar-refractivity contribution >= 4 is 16.7 Å². The summed E-state index contributed by atoms with van der Waals surface area (Å²) >= 11 is 0. The highest BCUT2D eigenvalue weighted by Gasteiger charge is 2.45. The first-order valence-electron chi connectivity index (χ1n) is 15.6.